The van der Waals surface area contributed by atoms with Gasteiger partial charge in [0.1, 0.15) is 23.5 Å². The van der Waals surface area contributed by atoms with Gasteiger partial charge in [0.25, 0.3) is 0 Å². The van der Waals surface area contributed by atoms with Gasteiger partial charge in [0, 0.05) is 32.6 Å². The number of aromatic nitrogens is 2. The van der Waals surface area contributed by atoms with Crippen LogP contribution in [0.15, 0.2) is 60.7 Å². The van der Waals surface area contributed by atoms with E-state index < -0.39 is 6.04 Å². The number of halogens is 4. The fourth-order valence-electron chi connectivity index (χ4n) is 4.73. The van der Waals surface area contributed by atoms with Crippen LogP contribution in [-0.4, -0.2) is 46.5 Å². The smallest absolute Gasteiger partial charge is 0.245 e. The summed E-state index contributed by atoms with van der Waals surface area (Å²) >= 11 is 12.6. The lowest BCUT2D eigenvalue weighted by Crippen LogP contribution is -2.50. The van der Waals surface area contributed by atoms with Crippen LogP contribution in [0.25, 0.3) is 11.0 Å². The van der Waals surface area contributed by atoms with Crippen LogP contribution in [0, 0.1) is 11.6 Å². The molecule has 0 spiro atoms. The highest BCUT2D eigenvalue weighted by Crippen LogP contribution is 2.32. The number of carbonyl (C=O) groups excluding carboxylic acids is 1. The van der Waals surface area contributed by atoms with E-state index in [2.05, 4.69) is 0 Å². The molecule has 1 aromatic heterocycles. The minimum absolute atomic E-state index is 0.0612. The summed E-state index contributed by atoms with van der Waals surface area (Å²) in [4.78, 5) is 22.1. The second-order valence-electron chi connectivity index (χ2n) is 8.90. The number of imidazole rings is 1. The topological polar surface area (TPSA) is 41.4 Å². The van der Waals surface area contributed by atoms with E-state index >= 15 is 0 Å². The lowest BCUT2D eigenvalue weighted by atomic mass is 10.1. The minimum atomic E-state index is -0.567. The fourth-order valence-corrected chi connectivity index (χ4v) is 5.05. The quantitative estimate of drug-likeness (QED) is 0.313. The van der Waals surface area contributed by atoms with E-state index in [9.17, 15) is 13.6 Å². The molecule has 1 atom stereocenters. The highest BCUT2D eigenvalue weighted by atomic mass is 35.5. The number of fused-ring (bicyclic) bond motifs is 1. The predicted molar refractivity (Wildman–Crippen MR) is 139 cm³/mol. The van der Waals surface area contributed by atoms with Gasteiger partial charge in [0.05, 0.1) is 26.8 Å². The number of benzene rings is 3. The molecule has 0 N–H and O–H groups in total. The molecule has 36 heavy (non-hydrogen) atoms. The first-order valence-electron chi connectivity index (χ1n) is 11.7. The van der Waals surface area contributed by atoms with E-state index in [-0.39, 0.29) is 17.5 Å². The number of piperazine rings is 1. The van der Waals surface area contributed by atoms with Crippen molar-refractivity contribution in [3.8, 4) is 0 Å². The van der Waals surface area contributed by atoms with Gasteiger partial charge in [-0.2, -0.15) is 0 Å². The fraction of sp³-hybridized carbons (Fsp3) is 0.259. The molecule has 2 heterocycles. The van der Waals surface area contributed by atoms with E-state index in [1.54, 1.807) is 41.3 Å². The Morgan fingerprint density at radius 1 is 0.972 bits per heavy atom. The van der Waals surface area contributed by atoms with E-state index in [0.29, 0.717) is 65.2 Å². The summed E-state index contributed by atoms with van der Waals surface area (Å²) in [6, 6.07) is 15.7. The number of amides is 1. The maximum atomic E-state index is 14.2. The lowest BCUT2D eigenvalue weighted by Gasteiger charge is -2.37. The zero-order valence-corrected chi connectivity index (χ0v) is 21.1. The van der Waals surface area contributed by atoms with Gasteiger partial charge in [-0.1, -0.05) is 47.5 Å². The molecule has 1 aliphatic rings. The molecule has 5 nitrogen and oxygen atoms in total. The molecular formula is C27H24Cl2F2N4O. The van der Waals surface area contributed by atoms with E-state index in [1.165, 1.54) is 18.2 Å². The second kappa shape index (κ2) is 10.1. The number of para-hydroxylation sites is 1. The number of hydrogen-bond acceptors (Lipinski definition) is 3. The van der Waals surface area contributed by atoms with Crippen molar-refractivity contribution in [1.82, 2.24) is 14.5 Å². The van der Waals surface area contributed by atoms with Crippen LogP contribution in [0.4, 0.5) is 14.5 Å². The number of rotatable bonds is 5. The minimum Gasteiger partial charge on any atom is -0.366 e. The molecule has 0 saturated carbocycles. The average molecular weight is 529 g/mol. The number of anilines is 1. The third kappa shape index (κ3) is 4.77. The van der Waals surface area contributed by atoms with Gasteiger partial charge in [-0.05, 0) is 48.9 Å². The lowest BCUT2D eigenvalue weighted by molar-refractivity contribution is -0.134. The van der Waals surface area contributed by atoms with Crippen LogP contribution < -0.4 is 4.90 Å². The summed E-state index contributed by atoms with van der Waals surface area (Å²) in [5, 5.41) is 0.752. The van der Waals surface area contributed by atoms with E-state index in [4.69, 9.17) is 28.2 Å². The molecule has 0 unspecified atom stereocenters. The van der Waals surface area contributed by atoms with Crippen molar-refractivity contribution < 1.29 is 13.6 Å². The van der Waals surface area contributed by atoms with Crippen LogP contribution in [0.2, 0.25) is 10.0 Å². The highest BCUT2D eigenvalue weighted by molar-refractivity contribution is 6.42. The van der Waals surface area contributed by atoms with Crippen LogP contribution in [-0.2, 0) is 11.2 Å². The molecule has 5 rings (SSSR count). The first kappa shape index (κ1) is 24.5. The van der Waals surface area contributed by atoms with Crippen molar-refractivity contribution in [3.05, 3.63) is 93.7 Å². The first-order chi connectivity index (χ1) is 17.3. The Balaban J connectivity index is 1.42. The van der Waals surface area contributed by atoms with Gasteiger partial charge in [0.2, 0.25) is 5.91 Å². The molecule has 3 aromatic carbocycles. The summed E-state index contributed by atoms with van der Waals surface area (Å²) in [6.45, 7) is 3.86. The molecule has 1 aliphatic heterocycles. The molecule has 0 aliphatic carbocycles. The number of hydrogen-bond donors (Lipinski definition) is 0. The van der Waals surface area contributed by atoms with Gasteiger partial charge in [-0.15, -0.1) is 0 Å². The monoisotopic (exact) mass is 528 g/mol. The number of carbonyl (C=O) groups is 1. The van der Waals surface area contributed by atoms with E-state index in [0.717, 1.165) is 5.56 Å². The van der Waals surface area contributed by atoms with Gasteiger partial charge >= 0.3 is 0 Å². The molecule has 186 valence electrons. The Morgan fingerprint density at radius 3 is 2.33 bits per heavy atom. The summed E-state index contributed by atoms with van der Waals surface area (Å²) in [5.41, 5.74) is 2.74. The van der Waals surface area contributed by atoms with Gasteiger partial charge in [-0.3, -0.25) is 4.79 Å². The third-order valence-corrected chi connectivity index (χ3v) is 7.33. The zero-order chi connectivity index (χ0) is 25.4. The third-order valence-electron chi connectivity index (χ3n) is 6.61. The van der Waals surface area contributed by atoms with Gasteiger partial charge in [-0.25, -0.2) is 13.8 Å². The maximum absolute atomic E-state index is 14.2. The highest BCUT2D eigenvalue weighted by Gasteiger charge is 2.29. The average Bonchev–Trinajstić information content (AvgIpc) is 3.21. The van der Waals surface area contributed by atoms with Crippen molar-refractivity contribution in [2.75, 3.05) is 31.1 Å². The molecule has 1 saturated heterocycles. The van der Waals surface area contributed by atoms with Crippen LogP contribution in [0.3, 0.4) is 0 Å². The van der Waals surface area contributed by atoms with Crippen molar-refractivity contribution in [2.24, 2.45) is 0 Å². The normalized spacial score (nSPS) is 14.9. The Morgan fingerprint density at radius 2 is 1.64 bits per heavy atom. The SMILES string of the molecule is C[C@H](C(=O)N1CCN(c2ccccc2F)CC1)n1c(Cc2ccc(F)cc2)nc2cc(Cl)c(Cl)cc21. The molecule has 0 bridgehead atoms. The summed E-state index contributed by atoms with van der Waals surface area (Å²) in [5.74, 6) is 0.00934. The number of nitrogens with zero attached hydrogens (tertiary/aromatic N) is 4. The Labute approximate surface area is 217 Å². The first-order valence-corrected chi connectivity index (χ1v) is 12.5. The van der Waals surface area contributed by atoms with Crippen LogP contribution in [0.5, 0.6) is 0 Å². The van der Waals surface area contributed by atoms with Crippen molar-refractivity contribution in [3.63, 3.8) is 0 Å². The standard InChI is InChI=1S/C27H24Cl2F2N4O/c1-17(27(36)34-12-10-33(11-13-34)24-5-3-2-4-22(24)31)35-25-16-21(29)20(28)15-23(25)32-26(35)14-18-6-8-19(30)9-7-18/h2-9,15-17H,10-14H2,1H3/t17-/m1/s1. The molecule has 0 radical (unpaired) electrons. The maximum Gasteiger partial charge on any atom is 0.245 e. The van der Waals surface area contributed by atoms with E-state index in [1.807, 2.05) is 22.5 Å². The molecule has 1 fully saturated rings. The van der Waals surface area contributed by atoms with Gasteiger partial charge in [0.15, 0.2) is 0 Å². The molecule has 4 aromatic rings. The van der Waals surface area contributed by atoms with Crippen molar-refractivity contribution >= 4 is 45.8 Å². The molecular weight excluding hydrogens is 505 g/mol. The van der Waals surface area contributed by atoms with Crippen LogP contribution in [0.1, 0.15) is 24.4 Å². The Kier molecular flexibility index (Phi) is 6.86. The van der Waals surface area contributed by atoms with Gasteiger partial charge < -0.3 is 14.4 Å². The summed E-state index contributed by atoms with van der Waals surface area (Å²) in [6.07, 6.45) is 0.406. The summed E-state index contributed by atoms with van der Waals surface area (Å²) in [7, 11) is 0. The molecule has 1 amide bonds. The summed E-state index contributed by atoms with van der Waals surface area (Å²) < 4.78 is 29.5. The van der Waals surface area contributed by atoms with Crippen molar-refractivity contribution in [2.45, 2.75) is 19.4 Å². The largest absolute Gasteiger partial charge is 0.366 e. The Bertz CT molecular complexity index is 1420. The zero-order valence-electron chi connectivity index (χ0n) is 19.6. The second-order valence-corrected chi connectivity index (χ2v) is 9.71. The molecule has 9 heteroatoms. The predicted octanol–water partition coefficient (Wildman–Crippen LogP) is 6.12. The van der Waals surface area contributed by atoms with Crippen molar-refractivity contribution in [1.29, 1.82) is 0 Å². The van der Waals surface area contributed by atoms with Crippen LogP contribution >= 0.6 is 23.2 Å². The Hall–Kier alpha value is -3.16.